The minimum Gasteiger partial charge on any atom is -0.497 e. The van der Waals surface area contributed by atoms with Crippen LogP contribution in [-0.4, -0.2) is 39.8 Å². The summed E-state index contributed by atoms with van der Waals surface area (Å²) in [6.45, 7) is 1.39. The number of hydrogen-bond donors (Lipinski definition) is 2. The molecule has 0 spiro atoms. The van der Waals surface area contributed by atoms with E-state index in [-0.39, 0.29) is 23.9 Å². The lowest BCUT2D eigenvalue weighted by Crippen LogP contribution is -2.44. The van der Waals surface area contributed by atoms with E-state index >= 15 is 0 Å². The van der Waals surface area contributed by atoms with Crippen LogP contribution < -0.4 is 25.2 Å². The monoisotopic (exact) mass is 595 g/mol. The van der Waals surface area contributed by atoms with E-state index in [0.717, 1.165) is 48.4 Å². The smallest absolute Gasteiger partial charge is 0.341 e. The number of nitrogens with zero attached hydrogens (tertiary/aromatic N) is 1. The van der Waals surface area contributed by atoms with Gasteiger partial charge in [-0.25, -0.2) is 15.2 Å². The number of methoxy groups -OCH3 is 3. The van der Waals surface area contributed by atoms with E-state index < -0.39 is 5.97 Å². The van der Waals surface area contributed by atoms with Crippen molar-refractivity contribution in [2.45, 2.75) is 38.3 Å². The van der Waals surface area contributed by atoms with Gasteiger partial charge in [0.25, 0.3) is 0 Å². The van der Waals surface area contributed by atoms with Gasteiger partial charge >= 0.3 is 5.97 Å². The predicted octanol–water partition coefficient (Wildman–Crippen LogP) is 5.35. The first-order chi connectivity index (χ1) is 18.9. The molecule has 206 valence electrons. The van der Waals surface area contributed by atoms with Crippen molar-refractivity contribution in [2.24, 2.45) is 0 Å². The third-order valence-electron chi connectivity index (χ3n) is 6.83. The molecule has 1 fully saturated rings. The van der Waals surface area contributed by atoms with Crippen LogP contribution in [0.25, 0.3) is 0 Å². The van der Waals surface area contributed by atoms with Crippen LogP contribution in [0, 0.1) is 0 Å². The van der Waals surface area contributed by atoms with Crippen LogP contribution in [0.4, 0.5) is 5.69 Å². The summed E-state index contributed by atoms with van der Waals surface area (Å²) in [7, 11) is 4.43. The molecule has 0 aromatic heterocycles. The molecule has 1 aliphatic heterocycles. The summed E-state index contributed by atoms with van der Waals surface area (Å²) in [6, 6.07) is 19.2. The first-order valence-electron chi connectivity index (χ1n) is 12.9. The fourth-order valence-electron chi connectivity index (χ4n) is 4.74. The van der Waals surface area contributed by atoms with Crippen molar-refractivity contribution >= 4 is 33.5 Å². The van der Waals surface area contributed by atoms with Gasteiger partial charge in [0, 0.05) is 17.1 Å². The Morgan fingerprint density at radius 1 is 1.03 bits per heavy atom. The maximum Gasteiger partial charge on any atom is 0.341 e. The highest BCUT2D eigenvalue weighted by atomic mass is 79.9. The van der Waals surface area contributed by atoms with Gasteiger partial charge < -0.3 is 19.5 Å². The molecule has 1 aliphatic rings. The quantitative estimate of drug-likeness (QED) is 0.241. The number of rotatable bonds is 10. The van der Waals surface area contributed by atoms with E-state index in [9.17, 15) is 9.59 Å². The number of anilines is 1. The van der Waals surface area contributed by atoms with E-state index in [0.29, 0.717) is 22.3 Å². The second-order valence-electron chi connectivity index (χ2n) is 9.29. The minimum atomic E-state index is -0.512. The average Bonchev–Trinajstić information content (AvgIpc) is 2.98. The van der Waals surface area contributed by atoms with E-state index in [1.165, 1.54) is 14.2 Å². The number of ether oxygens (including phenoxy) is 3. The van der Waals surface area contributed by atoms with Crippen LogP contribution >= 0.6 is 15.9 Å². The van der Waals surface area contributed by atoms with Gasteiger partial charge in [-0.1, -0.05) is 52.7 Å². The summed E-state index contributed by atoms with van der Waals surface area (Å²) in [5.74, 6) is 0.453. The zero-order chi connectivity index (χ0) is 27.8. The Balaban J connectivity index is 1.66. The van der Waals surface area contributed by atoms with Gasteiger partial charge in [-0.15, -0.1) is 0 Å². The van der Waals surface area contributed by atoms with Gasteiger partial charge in [0.05, 0.1) is 33.4 Å². The summed E-state index contributed by atoms with van der Waals surface area (Å²) < 4.78 is 16.2. The molecule has 0 aliphatic carbocycles. The Labute approximate surface area is 237 Å². The molecule has 1 heterocycles. The third-order valence-corrected chi connectivity index (χ3v) is 7.57. The van der Waals surface area contributed by atoms with Crippen LogP contribution in [0.15, 0.2) is 65.1 Å². The number of hydrazine groups is 1. The van der Waals surface area contributed by atoms with E-state index in [1.807, 2.05) is 42.5 Å². The molecule has 0 bridgehead atoms. The summed E-state index contributed by atoms with van der Waals surface area (Å²) in [5.41, 5.74) is 7.23. The Hall–Kier alpha value is -3.40. The topological polar surface area (TPSA) is 89.1 Å². The molecule has 1 saturated heterocycles. The maximum absolute atomic E-state index is 14.0. The Kier molecular flexibility index (Phi) is 9.97. The molecule has 3 aromatic rings. The number of esters is 1. The second-order valence-corrected chi connectivity index (χ2v) is 10.1. The molecule has 0 saturated carbocycles. The van der Waals surface area contributed by atoms with Crippen LogP contribution in [0.1, 0.15) is 52.4 Å². The molecule has 3 aromatic carbocycles. The predicted molar refractivity (Wildman–Crippen MR) is 154 cm³/mol. The van der Waals surface area contributed by atoms with Gasteiger partial charge in [-0.05, 0) is 66.4 Å². The zero-order valence-corrected chi connectivity index (χ0v) is 24.0. The van der Waals surface area contributed by atoms with Crippen molar-refractivity contribution in [1.82, 2.24) is 10.7 Å². The standard InChI is InChI=1S/C30H34BrN3O5/c1-37-22-13-11-20(12-14-22)19-33-34(27-10-5-4-8-23(27)26-9-6-7-15-32-26)29(35)17-21-16-28(38-2)24(18-25(21)31)30(36)39-3/h4-5,8,10-14,16,18,26,32-33H,6-7,9,15,17,19H2,1-3H3. The van der Waals surface area contributed by atoms with Crippen molar-refractivity contribution in [3.05, 3.63) is 87.4 Å². The van der Waals surface area contributed by atoms with Crippen LogP contribution in [-0.2, 0) is 22.5 Å². The fourth-order valence-corrected chi connectivity index (χ4v) is 5.22. The van der Waals surface area contributed by atoms with Gasteiger partial charge in [0.2, 0.25) is 5.91 Å². The minimum absolute atomic E-state index is 0.0699. The number of piperidine rings is 1. The van der Waals surface area contributed by atoms with Crippen LogP contribution in [0.3, 0.4) is 0 Å². The lowest BCUT2D eigenvalue weighted by Gasteiger charge is -2.31. The number of amides is 1. The van der Waals surface area contributed by atoms with Crippen molar-refractivity contribution in [3.8, 4) is 11.5 Å². The van der Waals surface area contributed by atoms with Gasteiger partial charge in [0.15, 0.2) is 0 Å². The lowest BCUT2D eigenvalue weighted by molar-refractivity contribution is -0.118. The van der Waals surface area contributed by atoms with Gasteiger partial charge in [0.1, 0.15) is 17.1 Å². The Bertz CT molecular complexity index is 1290. The summed E-state index contributed by atoms with van der Waals surface area (Å²) in [4.78, 5) is 26.2. The Morgan fingerprint density at radius 2 is 1.79 bits per heavy atom. The summed E-state index contributed by atoms with van der Waals surface area (Å²) in [5, 5.41) is 5.25. The fraction of sp³-hybridized carbons (Fsp3) is 0.333. The molecule has 1 atom stereocenters. The van der Waals surface area contributed by atoms with E-state index in [1.54, 1.807) is 24.3 Å². The third kappa shape index (κ3) is 6.98. The van der Waals surface area contributed by atoms with Crippen molar-refractivity contribution in [2.75, 3.05) is 32.9 Å². The second kappa shape index (κ2) is 13.6. The molecule has 9 heteroatoms. The first-order valence-corrected chi connectivity index (χ1v) is 13.7. The number of benzene rings is 3. The zero-order valence-electron chi connectivity index (χ0n) is 22.5. The van der Waals surface area contributed by atoms with Crippen LogP contribution in [0.5, 0.6) is 11.5 Å². The number of carbonyl (C=O) groups excluding carboxylic acids is 2. The SMILES string of the molecule is COC(=O)c1cc(Br)c(CC(=O)N(NCc2ccc(OC)cc2)c2ccccc2C2CCCCN2)cc1OC. The molecule has 1 amide bonds. The first kappa shape index (κ1) is 28.6. The highest BCUT2D eigenvalue weighted by Crippen LogP contribution is 2.33. The van der Waals surface area contributed by atoms with E-state index in [2.05, 4.69) is 32.7 Å². The molecular formula is C30H34BrN3O5. The highest BCUT2D eigenvalue weighted by molar-refractivity contribution is 9.10. The normalized spacial score (nSPS) is 14.9. The summed E-state index contributed by atoms with van der Waals surface area (Å²) in [6.07, 6.45) is 3.36. The molecule has 39 heavy (non-hydrogen) atoms. The molecular weight excluding hydrogens is 562 g/mol. The van der Waals surface area contributed by atoms with Gasteiger partial charge in [-0.3, -0.25) is 4.79 Å². The average molecular weight is 597 g/mol. The molecule has 0 radical (unpaired) electrons. The molecule has 1 unspecified atom stereocenters. The van der Waals surface area contributed by atoms with Crippen molar-refractivity contribution in [1.29, 1.82) is 0 Å². The number of halogens is 1. The van der Waals surface area contributed by atoms with Crippen LogP contribution in [0.2, 0.25) is 0 Å². The lowest BCUT2D eigenvalue weighted by atomic mass is 9.96. The maximum atomic E-state index is 14.0. The summed E-state index contributed by atoms with van der Waals surface area (Å²) >= 11 is 3.53. The molecule has 4 rings (SSSR count). The van der Waals surface area contributed by atoms with Gasteiger partial charge in [-0.2, -0.15) is 0 Å². The van der Waals surface area contributed by atoms with E-state index in [4.69, 9.17) is 14.2 Å². The van der Waals surface area contributed by atoms with Crippen molar-refractivity contribution < 1.29 is 23.8 Å². The number of carbonyl (C=O) groups is 2. The highest BCUT2D eigenvalue weighted by Gasteiger charge is 2.25. The molecule has 8 nitrogen and oxygen atoms in total. The number of para-hydroxylation sites is 1. The number of nitrogens with one attached hydrogen (secondary N) is 2. The number of hydrogen-bond acceptors (Lipinski definition) is 7. The van der Waals surface area contributed by atoms with Crippen molar-refractivity contribution in [3.63, 3.8) is 0 Å². The Morgan fingerprint density at radius 3 is 2.46 bits per heavy atom. The molecule has 2 N–H and O–H groups in total. The largest absolute Gasteiger partial charge is 0.497 e.